The molecule has 1 atom stereocenters. The molecular formula is C15H23NO. The average molecular weight is 233 g/mol. The monoisotopic (exact) mass is 233 g/mol. The zero-order valence-electron chi connectivity index (χ0n) is 10.7. The van der Waals surface area contributed by atoms with Crippen molar-refractivity contribution in [2.75, 3.05) is 13.2 Å². The van der Waals surface area contributed by atoms with Crippen molar-refractivity contribution in [2.45, 2.75) is 38.8 Å². The van der Waals surface area contributed by atoms with Gasteiger partial charge in [0, 0.05) is 25.8 Å². The molecule has 1 saturated heterocycles. The second-order valence-electron chi connectivity index (χ2n) is 5.06. The summed E-state index contributed by atoms with van der Waals surface area (Å²) in [6, 6.07) is 11.2. The lowest BCUT2D eigenvalue weighted by molar-refractivity contribution is 0.0611. The molecule has 94 valence electrons. The van der Waals surface area contributed by atoms with Gasteiger partial charge in [0.1, 0.15) is 0 Å². The smallest absolute Gasteiger partial charge is 0.0468 e. The van der Waals surface area contributed by atoms with Crippen LogP contribution < -0.4 is 5.32 Å². The third kappa shape index (κ3) is 4.49. The highest BCUT2D eigenvalue weighted by molar-refractivity contribution is 5.14. The first-order chi connectivity index (χ1) is 8.34. The average Bonchev–Trinajstić information content (AvgIpc) is 2.39. The Morgan fingerprint density at radius 3 is 2.65 bits per heavy atom. The molecular weight excluding hydrogens is 210 g/mol. The zero-order chi connectivity index (χ0) is 11.9. The van der Waals surface area contributed by atoms with E-state index in [1.54, 1.807) is 0 Å². The van der Waals surface area contributed by atoms with Gasteiger partial charge in [0.15, 0.2) is 0 Å². The van der Waals surface area contributed by atoms with E-state index in [1.807, 2.05) is 0 Å². The maximum Gasteiger partial charge on any atom is 0.0468 e. The summed E-state index contributed by atoms with van der Waals surface area (Å²) in [4.78, 5) is 0. The molecule has 1 aromatic carbocycles. The Hall–Kier alpha value is -0.860. The Morgan fingerprint density at radius 1 is 1.24 bits per heavy atom. The van der Waals surface area contributed by atoms with Crippen LogP contribution in [0.1, 0.15) is 31.7 Å². The highest BCUT2D eigenvalue weighted by Crippen LogP contribution is 2.20. The zero-order valence-corrected chi connectivity index (χ0v) is 10.7. The standard InChI is InChI=1S/C15H23NO/c1-13(11-14-7-9-17-10-8-14)16-12-15-5-3-2-4-6-15/h2-6,13-14,16H,7-12H2,1H3. The van der Waals surface area contributed by atoms with Crippen LogP contribution in [-0.2, 0) is 11.3 Å². The number of hydrogen-bond donors (Lipinski definition) is 1. The fourth-order valence-corrected chi connectivity index (χ4v) is 2.45. The molecule has 0 saturated carbocycles. The second-order valence-corrected chi connectivity index (χ2v) is 5.06. The number of hydrogen-bond acceptors (Lipinski definition) is 2. The first-order valence-corrected chi connectivity index (χ1v) is 6.69. The van der Waals surface area contributed by atoms with Crippen molar-refractivity contribution >= 4 is 0 Å². The molecule has 1 aliphatic rings. The summed E-state index contributed by atoms with van der Waals surface area (Å²) >= 11 is 0. The van der Waals surface area contributed by atoms with Crippen LogP contribution in [0.25, 0.3) is 0 Å². The lowest BCUT2D eigenvalue weighted by Crippen LogP contribution is -2.29. The Kier molecular flexibility index (Phi) is 5.02. The first kappa shape index (κ1) is 12.6. The van der Waals surface area contributed by atoms with E-state index in [4.69, 9.17) is 4.74 Å². The minimum Gasteiger partial charge on any atom is -0.381 e. The molecule has 1 aromatic rings. The summed E-state index contributed by atoms with van der Waals surface area (Å²) < 4.78 is 5.39. The molecule has 0 aromatic heterocycles. The summed E-state index contributed by atoms with van der Waals surface area (Å²) in [5.41, 5.74) is 1.37. The van der Waals surface area contributed by atoms with Crippen molar-refractivity contribution in [3.63, 3.8) is 0 Å². The molecule has 1 unspecified atom stereocenters. The molecule has 2 rings (SSSR count). The van der Waals surface area contributed by atoms with E-state index < -0.39 is 0 Å². The predicted octanol–water partition coefficient (Wildman–Crippen LogP) is 2.98. The van der Waals surface area contributed by atoms with E-state index in [2.05, 4.69) is 42.6 Å². The van der Waals surface area contributed by atoms with Crippen molar-refractivity contribution in [2.24, 2.45) is 5.92 Å². The molecule has 17 heavy (non-hydrogen) atoms. The van der Waals surface area contributed by atoms with E-state index in [1.165, 1.54) is 24.8 Å². The molecule has 2 heteroatoms. The van der Waals surface area contributed by atoms with E-state index in [-0.39, 0.29) is 0 Å². The lowest BCUT2D eigenvalue weighted by Gasteiger charge is -2.25. The molecule has 0 spiro atoms. The van der Waals surface area contributed by atoms with Crippen molar-refractivity contribution in [1.29, 1.82) is 0 Å². The van der Waals surface area contributed by atoms with Crippen molar-refractivity contribution in [3.05, 3.63) is 35.9 Å². The maximum absolute atomic E-state index is 5.39. The van der Waals surface area contributed by atoms with Gasteiger partial charge >= 0.3 is 0 Å². The van der Waals surface area contributed by atoms with Gasteiger partial charge in [0.2, 0.25) is 0 Å². The third-order valence-corrected chi connectivity index (χ3v) is 3.53. The fourth-order valence-electron chi connectivity index (χ4n) is 2.45. The van der Waals surface area contributed by atoms with E-state index >= 15 is 0 Å². The molecule has 0 bridgehead atoms. The molecule has 2 nitrogen and oxygen atoms in total. The van der Waals surface area contributed by atoms with Gasteiger partial charge in [0.25, 0.3) is 0 Å². The van der Waals surface area contributed by atoms with Crippen LogP contribution in [-0.4, -0.2) is 19.3 Å². The molecule has 1 fully saturated rings. The number of ether oxygens (including phenoxy) is 1. The van der Waals surface area contributed by atoms with Gasteiger partial charge in [-0.15, -0.1) is 0 Å². The molecule has 0 radical (unpaired) electrons. The highest BCUT2D eigenvalue weighted by Gasteiger charge is 2.16. The van der Waals surface area contributed by atoms with Gasteiger partial charge in [-0.1, -0.05) is 30.3 Å². The summed E-state index contributed by atoms with van der Waals surface area (Å²) in [6.45, 7) is 5.18. The van der Waals surface area contributed by atoms with Crippen molar-refractivity contribution in [3.8, 4) is 0 Å². The second kappa shape index (κ2) is 6.77. The Bertz CT molecular complexity index is 306. The number of rotatable bonds is 5. The van der Waals surface area contributed by atoms with E-state index in [0.29, 0.717) is 6.04 Å². The van der Waals surface area contributed by atoms with Crippen LogP contribution in [0.15, 0.2) is 30.3 Å². The van der Waals surface area contributed by atoms with E-state index in [0.717, 1.165) is 25.7 Å². The summed E-state index contributed by atoms with van der Waals surface area (Å²) in [6.07, 6.45) is 3.74. The molecule has 0 amide bonds. The molecule has 0 aliphatic carbocycles. The van der Waals surface area contributed by atoms with Gasteiger partial charge < -0.3 is 10.1 Å². The van der Waals surface area contributed by atoms with Crippen molar-refractivity contribution < 1.29 is 4.74 Å². The van der Waals surface area contributed by atoms with Gasteiger partial charge in [0.05, 0.1) is 0 Å². The Balaban J connectivity index is 1.68. The van der Waals surface area contributed by atoms with Gasteiger partial charge in [-0.05, 0) is 37.7 Å². The quantitative estimate of drug-likeness (QED) is 0.844. The minimum atomic E-state index is 0.596. The summed E-state index contributed by atoms with van der Waals surface area (Å²) in [5, 5.41) is 3.61. The number of benzene rings is 1. The minimum absolute atomic E-state index is 0.596. The van der Waals surface area contributed by atoms with Crippen LogP contribution in [0.4, 0.5) is 0 Å². The first-order valence-electron chi connectivity index (χ1n) is 6.69. The maximum atomic E-state index is 5.39. The van der Waals surface area contributed by atoms with Crippen LogP contribution >= 0.6 is 0 Å². The molecule has 1 heterocycles. The van der Waals surface area contributed by atoms with E-state index in [9.17, 15) is 0 Å². The molecule has 1 aliphatic heterocycles. The van der Waals surface area contributed by atoms with Crippen LogP contribution in [0.5, 0.6) is 0 Å². The summed E-state index contributed by atoms with van der Waals surface area (Å²) in [7, 11) is 0. The number of nitrogens with one attached hydrogen (secondary N) is 1. The topological polar surface area (TPSA) is 21.3 Å². The van der Waals surface area contributed by atoms with Crippen molar-refractivity contribution in [1.82, 2.24) is 5.32 Å². The SMILES string of the molecule is CC(CC1CCOCC1)NCc1ccccc1. The van der Waals surface area contributed by atoms with Crippen LogP contribution in [0.2, 0.25) is 0 Å². The summed E-state index contributed by atoms with van der Waals surface area (Å²) in [5.74, 6) is 0.849. The Morgan fingerprint density at radius 2 is 1.94 bits per heavy atom. The Labute approximate surface area is 104 Å². The fraction of sp³-hybridized carbons (Fsp3) is 0.600. The van der Waals surface area contributed by atoms with Gasteiger partial charge in [-0.2, -0.15) is 0 Å². The largest absolute Gasteiger partial charge is 0.381 e. The van der Waals surface area contributed by atoms with Crippen LogP contribution in [0, 0.1) is 5.92 Å². The van der Waals surface area contributed by atoms with Crippen LogP contribution in [0.3, 0.4) is 0 Å². The predicted molar refractivity (Wildman–Crippen MR) is 70.9 cm³/mol. The third-order valence-electron chi connectivity index (χ3n) is 3.53. The lowest BCUT2D eigenvalue weighted by atomic mass is 9.93. The highest BCUT2D eigenvalue weighted by atomic mass is 16.5. The van der Waals surface area contributed by atoms with Gasteiger partial charge in [-0.25, -0.2) is 0 Å². The normalized spacial score (nSPS) is 19.1. The molecule has 1 N–H and O–H groups in total. The van der Waals surface area contributed by atoms with Gasteiger partial charge in [-0.3, -0.25) is 0 Å².